The fourth-order valence-corrected chi connectivity index (χ4v) is 2.86. The lowest BCUT2D eigenvalue weighted by Gasteiger charge is -2.30. The molecular weight excluding hydrogens is 222 g/mol. The second-order valence-electron chi connectivity index (χ2n) is 5.72. The molecule has 1 saturated heterocycles. The van der Waals surface area contributed by atoms with Crippen molar-refractivity contribution in [2.24, 2.45) is 5.92 Å². The third-order valence-corrected chi connectivity index (χ3v) is 4.08. The van der Waals surface area contributed by atoms with Gasteiger partial charge in [0.1, 0.15) is 0 Å². The highest BCUT2D eigenvalue weighted by molar-refractivity contribution is 5.78. The van der Waals surface area contributed by atoms with E-state index in [4.69, 9.17) is 0 Å². The summed E-state index contributed by atoms with van der Waals surface area (Å²) in [6, 6.07) is 0. The van der Waals surface area contributed by atoms with Crippen LogP contribution < -0.4 is 0 Å². The zero-order valence-electron chi connectivity index (χ0n) is 12.4. The molecule has 0 aromatic rings. The van der Waals surface area contributed by atoms with Crippen molar-refractivity contribution in [2.75, 3.05) is 13.1 Å². The summed E-state index contributed by atoms with van der Waals surface area (Å²) < 4.78 is 0. The molecule has 0 aromatic carbocycles. The first-order valence-electron chi connectivity index (χ1n) is 8.08. The molecule has 1 atom stereocenters. The molecule has 1 heterocycles. The van der Waals surface area contributed by atoms with Gasteiger partial charge in [-0.15, -0.1) is 0 Å². The number of hydrogen-bond acceptors (Lipinski definition) is 1. The van der Waals surface area contributed by atoms with Gasteiger partial charge >= 0.3 is 0 Å². The van der Waals surface area contributed by atoms with Crippen molar-refractivity contribution >= 4 is 5.91 Å². The van der Waals surface area contributed by atoms with Gasteiger partial charge in [0, 0.05) is 19.0 Å². The Labute approximate surface area is 113 Å². The molecule has 0 aliphatic carbocycles. The van der Waals surface area contributed by atoms with Crippen molar-refractivity contribution in [3.05, 3.63) is 0 Å². The van der Waals surface area contributed by atoms with Crippen LogP contribution in [0.1, 0.15) is 78.1 Å². The topological polar surface area (TPSA) is 20.3 Å². The highest BCUT2D eigenvalue weighted by atomic mass is 16.2. The maximum Gasteiger partial charge on any atom is 0.225 e. The summed E-state index contributed by atoms with van der Waals surface area (Å²) in [5.74, 6) is 0.772. The summed E-state index contributed by atoms with van der Waals surface area (Å²) in [5, 5.41) is 0. The van der Waals surface area contributed by atoms with E-state index < -0.39 is 0 Å². The van der Waals surface area contributed by atoms with Crippen molar-refractivity contribution in [3.8, 4) is 0 Å². The van der Waals surface area contributed by atoms with Crippen LogP contribution in [0.2, 0.25) is 0 Å². The Morgan fingerprint density at radius 2 is 1.56 bits per heavy atom. The Morgan fingerprint density at radius 1 is 0.944 bits per heavy atom. The van der Waals surface area contributed by atoms with Gasteiger partial charge in [0.15, 0.2) is 0 Å². The molecule has 18 heavy (non-hydrogen) atoms. The summed E-state index contributed by atoms with van der Waals surface area (Å²) in [4.78, 5) is 14.7. The van der Waals surface area contributed by atoms with Crippen LogP contribution in [0.15, 0.2) is 0 Å². The first-order chi connectivity index (χ1) is 8.79. The van der Waals surface area contributed by atoms with E-state index in [0.717, 1.165) is 25.9 Å². The smallest absolute Gasteiger partial charge is 0.225 e. The maximum absolute atomic E-state index is 12.5. The van der Waals surface area contributed by atoms with Gasteiger partial charge < -0.3 is 4.90 Å². The van der Waals surface area contributed by atoms with Crippen LogP contribution in [-0.4, -0.2) is 23.9 Å². The largest absolute Gasteiger partial charge is 0.342 e. The Bertz CT molecular complexity index is 221. The molecule has 0 bridgehead atoms. The van der Waals surface area contributed by atoms with Gasteiger partial charge in [0.2, 0.25) is 5.91 Å². The van der Waals surface area contributed by atoms with E-state index in [1.165, 1.54) is 51.4 Å². The Morgan fingerprint density at radius 3 is 2.17 bits per heavy atom. The number of carbonyl (C=O) groups is 1. The molecule has 0 radical (unpaired) electrons. The normalized spacial score (nSPS) is 17.8. The quantitative estimate of drug-likeness (QED) is 0.588. The second-order valence-corrected chi connectivity index (χ2v) is 5.72. The number of amides is 1. The molecule has 1 aliphatic heterocycles. The van der Waals surface area contributed by atoms with Gasteiger partial charge in [-0.2, -0.15) is 0 Å². The van der Waals surface area contributed by atoms with Crippen LogP contribution in [0.25, 0.3) is 0 Å². The van der Waals surface area contributed by atoms with E-state index in [-0.39, 0.29) is 0 Å². The van der Waals surface area contributed by atoms with Crippen LogP contribution in [0.3, 0.4) is 0 Å². The van der Waals surface area contributed by atoms with Crippen LogP contribution in [0.5, 0.6) is 0 Å². The molecule has 0 aromatic heterocycles. The first kappa shape index (κ1) is 15.5. The molecular formula is C16H31NO. The number of piperidine rings is 1. The molecule has 0 saturated carbocycles. The Hall–Kier alpha value is -0.530. The number of nitrogens with zero attached hydrogens (tertiary/aromatic N) is 1. The van der Waals surface area contributed by atoms with Gasteiger partial charge in [-0.05, 0) is 32.1 Å². The van der Waals surface area contributed by atoms with E-state index >= 15 is 0 Å². The van der Waals surface area contributed by atoms with Crippen molar-refractivity contribution in [2.45, 2.75) is 78.1 Å². The zero-order chi connectivity index (χ0) is 13.2. The molecule has 0 N–H and O–H groups in total. The van der Waals surface area contributed by atoms with E-state index in [1.54, 1.807) is 0 Å². The number of rotatable bonds is 8. The minimum atomic E-state index is 0.314. The van der Waals surface area contributed by atoms with Gasteiger partial charge in [-0.3, -0.25) is 4.79 Å². The highest BCUT2D eigenvalue weighted by Crippen LogP contribution is 2.21. The monoisotopic (exact) mass is 253 g/mol. The third kappa shape index (κ3) is 5.41. The van der Waals surface area contributed by atoms with E-state index in [2.05, 4.69) is 18.7 Å². The number of carbonyl (C=O) groups excluding carboxylic acids is 1. The second kappa shape index (κ2) is 9.41. The summed E-state index contributed by atoms with van der Waals surface area (Å²) in [5.41, 5.74) is 0. The summed E-state index contributed by atoms with van der Waals surface area (Å²) >= 11 is 0. The van der Waals surface area contributed by atoms with Crippen LogP contribution in [0, 0.1) is 5.92 Å². The van der Waals surface area contributed by atoms with Crippen LogP contribution in [-0.2, 0) is 4.79 Å². The van der Waals surface area contributed by atoms with Gasteiger partial charge in [-0.1, -0.05) is 46.0 Å². The zero-order valence-corrected chi connectivity index (χ0v) is 12.4. The fourth-order valence-electron chi connectivity index (χ4n) is 2.86. The Kier molecular flexibility index (Phi) is 8.11. The van der Waals surface area contributed by atoms with Crippen molar-refractivity contribution < 1.29 is 4.79 Å². The molecule has 2 nitrogen and oxygen atoms in total. The summed E-state index contributed by atoms with van der Waals surface area (Å²) in [6.45, 7) is 6.46. The number of hydrogen-bond donors (Lipinski definition) is 0. The summed E-state index contributed by atoms with van der Waals surface area (Å²) in [7, 11) is 0. The Balaban J connectivity index is 2.42. The molecule has 1 fully saturated rings. The average molecular weight is 253 g/mol. The molecule has 2 heteroatoms. The molecule has 0 spiro atoms. The van der Waals surface area contributed by atoms with E-state index in [0.29, 0.717) is 11.8 Å². The van der Waals surface area contributed by atoms with E-state index in [1.807, 2.05) is 0 Å². The summed E-state index contributed by atoms with van der Waals surface area (Å²) in [6.07, 6.45) is 12.1. The SMILES string of the molecule is CCCCCC(CCCC)C(=O)N1CCCCC1. The molecule has 1 amide bonds. The fraction of sp³-hybridized carbons (Fsp3) is 0.938. The van der Waals surface area contributed by atoms with Crippen LogP contribution >= 0.6 is 0 Å². The number of likely N-dealkylation sites (tertiary alicyclic amines) is 1. The minimum Gasteiger partial charge on any atom is -0.342 e. The third-order valence-electron chi connectivity index (χ3n) is 4.08. The molecule has 1 aliphatic rings. The molecule has 1 unspecified atom stereocenters. The standard InChI is InChI=1S/C16H31NO/c1-3-5-8-12-15(11-6-4-2)16(18)17-13-9-7-10-14-17/h15H,3-14H2,1-2H3. The lowest BCUT2D eigenvalue weighted by atomic mass is 9.93. The van der Waals surface area contributed by atoms with Crippen molar-refractivity contribution in [1.29, 1.82) is 0 Å². The molecule has 1 rings (SSSR count). The van der Waals surface area contributed by atoms with Crippen molar-refractivity contribution in [3.63, 3.8) is 0 Å². The van der Waals surface area contributed by atoms with Crippen molar-refractivity contribution in [1.82, 2.24) is 4.90 Å². The van der Waals surface area contributed by atoms with Gasteiger partial charge in [-0.25, -0.2) is 0 Å². The van der Waals surface area contributed by atoms with Gasteiger partial charge in [0.25, 0.3) is 0 Å². The predicted octanol–water partition coefficient (Wildman–Crippen LogP) is 4.39. The minimum absolute atomic E-state index is 0.314. The lowest BCUT2D eigenvalue weighted by molar-refractivity contribution is -0.137. The van der Waals surface area contributed by atoms with Gasteiger partial charge in [0.05, 0.1) is 0 Å². The van der Waals surface area contributed by atoms with E-state index in [9.17, 15) is 4.79 Å². The highest BCUT2D eigenvalue weighted by Gasteiger charge is 2.24. The molecule has 106 valence electrons. The first-order valence-corrected chi connectivity index (χ1v) is 8.08. The predicted molar refractivity (Wildman–Crippen MR) is 77.6 cm³/mol. The van der Waals surface area contributed by atoms with Crippen LogP contribution in [0.4, 0.5) is 0 Å². The maximum atomic E-state index is 12.5. The average Bonchev–Trinajstić information content (AvgIpc) is 2.43. The lowest BCUT2D eigenvalue weighted by Crippen LogP contribution is -2.39. The number of unbranched alkanes of at least 4 members (excludes halogenated alkanes) is 3.